The Morgan fingerprint density at radius 1 is 1.25 bits per heavy atom. The number of aromatic nitrogens is 4. The van der Waals surface area contributed by atoms with E-state index in [0.717, 1.165) is 0 Å². The molecule has 7 nitrogen and oxygen atoms in total. The molecule has 0 bridgehead atoms. The van der Waals surface area contributed by atoms with Crippen LogP contribution in [0.4, 0.5) is 0 Å². The number of rotatable bonds is 5. The molecular formula is C13H13N5O2. The first-order valence-electron chi connectivity index (χ1n) is 6.13. The highest BCUT2D eigenvalue weighted by molar-refractivity contribution is 5.92. The van der Waals surface area contributed by atoms with Gasteiger partial charge < -0.3 is 9.73 Å². The largest absolute Gasteiger partial charge is 0.467 e. The van der Waals surface area contributed by atoms with Crippen LogP contribution in [0.1, 0.15) is 16.2 Å². The summed E-state index contributed by atoms with van der Waals surface area (Å²) in [6.45, 7) is 0.816. The maximum Gasteiger partial charge on any atom is 0.272 e. The third kappa shape index (κ3) is 2.77. The van der Waals surface area contributed by atoms with Gasteiger partial charge in [0, 0.05) is 18.6 Å². The van der Waals surface area contributed by atoms with Crippen molar-refractivity contribution in [2.75, 3.05) is 0 Å². The van der Waals surface area contributed by atoms with Crippen LogP contribution in [0.2, 0.25) is 0 Å². The molecule has 0 radical (unpaired) electrons. The molecule has 3 rings (SSSR count). The lowest BCUT2D eigenvalue weighted by atomic mass is 10.4. The highest BCUT2D eigenvalue weighted by Crippen LogP contribution is 2.01. The minimum absolute atomic E-state index is 0.236. The van der Waals surface area contributed by atoms with Gasteiger partial charge in [-0.1, -0.05) is 0 Å². The number of nitrogens with zero attached hydrogens (tertiary/aromatic N) is 4. The summed E-state index contributed by atoms with van der Waals surface area (Å²) < 4.78 is 8.51. The predicted molar refractivity (Wildman–Crippen MR) is 69.7 cm³/mol. The summed E-state index contributed by atoms with van der Waals surface area (Å²) in [6, 6.07) is 7.08. The molecule has 0 saturated heterocycles. The molecule has 0 aliphatic carbocycles. The van der Waals surface area contributed by atoms with E-state index in [1.807, 2.05) is 12.3 Å². The van der Waals surface area contributed by atoms with Crippen LogP contribution in [-0.2, 0) is 13.2 Å². The van der Waals surface area contributed by atoms with Crippen LogP contribution in [0.15, 0.2) is 53.5 Å². The fraction of sp³-hybridized carbons (Fsp3) is 0.154. The predicted octanol–water partition coefficient (Wildman–Crippen LogP) is 1.11. The Morgan fingerprint density at radius 2 is 2.20 bits per heavy atom. The molecule has 0 spiro atoms. The lowest BCUT2D eigenvalue weighted by Gasteiger charge is -2.02. The Labute approximate surface area is 114 Å². The van der Waals surface area contributed by atoms with Crippen molar-refractivity contribution in [3.8, 4) is 0 Å². The normalized spacial score (nSPS) is 10.6. The standard InChI is InChI=1S/C13H13N5O2/c19-13(14-9-11-3-1-8-20-11)12-4-7-18(16-12)10-17-6-2-5-15-17/h1-8H,9-10H2,(H,14,19). The molecule has 3 aromatic rings. The minimum atomic E-state index is -0.236. The highest BCUT2D eigenvalue weighted by atomic mass is 16.3. The van der Waals surface area contributed by atoms with Crippen LogP contribution in [0.25, 0.3) is 0 Å². The third-order valence-corrected chi connectivity index (χ3v) is 2.73. The van der Waals surface area contributed by atoms with Gasteiger partial charge in [-0.15, -0.1) is 0 Å². The molecule has 7 heteroatoms. The molecule has 0 atom stereocenters. The van der Waals surface area contributed by atoms with Crippen molar-refractivity contribution in [3.63, 3.8) is 0 Å². The fourth-order valence-corrected chi connectivity index (χ4v) is 1.77. The molecule has 0 saturated carbocycles. The lowest BCUT2D eigenvalue weighted by molar-refractivity contribution is 0.0942. The van der Waals surface area contributed by atoms with Crippen molar-refractivity contribution in [2.24, 2.45) is 0 Å². The Balaban J connectivity index is 1.59. The Bertz CT molecular complexity index is 670. The van der Waals surface area contributed by atoms with Gasteiger partial charge >= 0.3 is 0 Å². The van der Waals surface area contributed by atoms with Crippen molar-refractivity contribution in [1.29, 1.82) is 0 Å². The van der Waals surface area contributed by atoms with Crippen LogP contribution < -0.4 is 5.32 Å². The lowest BCUT2D eigenvalue weighted by Crippen LogP contribution is -2.23. The highest BCUT2D eigenvalue weighted by Gasteiger charge is 2.09. The second-order valence-corrected chi connectivity index (χ2v) is 4.19. The van der Waals surface area contributed by atoms with E-state index >= 15 is 0 Å². The quantitative estimate of drug-likeness (QED) is 0.754. The number of nitrogens with one attached hydrogen (secondary N) is 1. The maximum absolute atomic E-state index is 11.9. The van der Waals surface area contributed by atoms with Gasteiger partial charge in [-0.3, -0.25) is 14.2 Å². The summed E-state index contributed by atoms with van der Waals surface area (Å²) in [5.74, 6) is 0.468. The Kier molecular flexibility index (Phi) is 3.32. The first-order chi connectivity index (χ1) is 9.81. The van der Waals surface area contributed by atoms with Crippen LogP contribution in [0.3, 0.4) is 0 Å². The van der Waals surface area contributed by atoms with E-state index in [4.69, 9.17) is 4.42 Å². The molecule has 0 fully saturated rings. The fourth-order valence-electron chi connectivity index (χ4n) is 1.77. The Hall–Kier alpha value is -2.83. The van der Waals surface area contributed by atoms with E-state index < -0.39 is 0 Å². The molecule has 0 aliphatic rings. The second-order valence-electron chi connectivity index (χ2n) is 4.19. The summed E-state index contributed by atoms with van der Waals surface area (Å²) in [7, 11) is 0. The topological polar surface area (TPSA) is 77.9 Å². The van der Waals surface area contributed by atoms with Crippen LogP contribution >= 0.6 is 0 Å². The summed E-state index contributed by atoms with van der Waals surface area (Å²) in [4.78, 5) is 11.9. The molecular weight excluding hydrogens is 258 g/mol. The molecule has 0 aromatic carbocycles. The van der Waals surface area contributed by atoms with Gasteiger partial charge in [0.1, 0.15) is 18.1 Å². The van der Waals surface area contributed by atoms with Crippen molar-refractivity contribution in [1.82, 2.24) is 24.9 Å². The van der Waals surface area contributed by atoms with Crippen LogP contribution in [-0.4, -0.2) is 25.5 Å². The first kappa shape index (κ1) is 12.2. The van der Waals surface area contributed by atoms with Crippen molar-refractivity contribution >= 4 is 5.91 Å². The molecule has 1 amide bonds. The molecule has 3 aromatic heterocycles. The van der Waals surface area contributed by atoms with E-state index in [0.29, 0.717) is 24.7 Å². The second kappa shape index (κ2) is 5.43. The van der Waals surface area contributed by atoms with E-state index in [9.17, 15) is 4.79 Å². The molecule has 3 heterocycles. The maximum atomic E-state index is 11.9. The van der Waals surface area contributed by atoms with Crippen molar-refractivity contribution in [3.05, 3.63) is 60.6 Å². The molecule has 0 unspecified atom stereocenters. The van der Waals surface area contributed by atoms with Crippen LogP contribution in [0.5, 0.6) is 0 Å². The Morgan fingerprint density at radius 3 is 2.95 bits per heavy atom. The summed E-state index contributed by atoms with van der Waals surface area (Å²) in [5, 5.41) is 11.0. The SMILES string of the molecule is O=C(NCc1ccco1)c1ccn(Cn2cccn2)n1. The zero-order valence-electron chi connectivity index (χ0n) is 10.6. The van der Waals surface area contributed by atoms with Gasteiger partial charge in [0.05, 0.1) is 12.8 Å². The monoisotopic (exact) mass is 271 g/mol. The molecule has 1 N–H and O–H groups in total. The van der Waals surface area contributed by atoms with Gasteiger partial charge in [-0.2, -0.15) is 10.2 Å². The third-order valence-electron chi connectivity index (χ3n) is 2.73. The van der Waals surface area contributed by atoms with Crippen molar-refractivity contribution in [2.45, 2.75) is 13.2 Å². The summed E-state index contributed by atoms with van der Waals surface area (Å²) >= 11 is 0. The van der Waals surface area contributed by atoms with E-state index in [1.165, 1.54) is 0 Å². The van der Waals surface area contributed by atoms with Gasteiger partial charge in [0.15, 0.2) is 0 Å². The van der Waals surface area contributed by atoms with Gasteiger partial charge in [0.25, 0.3) is 5.91 Å². The summed E-state index contributed by atoms with van der Waals surface area (Å²) in [6.07, 6.45) is 6.84. The molecule has 20 heavy (non-hydrogen) atoms. The molecule has 0 aliphatic heterocycles. The summed E-state index contributed by atoms with van der Waals surface area (Å²) in [5.41, 5.74) is 0.365. The number of carbonyl (C=O) groups is 1. The smallest absolute Gasteiger partial charge is 0.272 e. The number of carbonyl (C=O) groups excluding carboxylic acids is 1. The van der Waals surface area contributed by atoms with Crippen molar-refractivity contribution < 1.29 is 9.21 Å². The number of amides is 1. The van der Waals surface area contributed by atoms with E-state index in [-0.39, 0.29) is 5.91 Å². The number of hydrogen-bond acceptors (Lipinski definition) is 4. The average molecular weight is 271 g/mol. The number of hydrogen-bond donors (Lipinski definition) is 1. The van der Waals surface area contributed by atoms with Gasteiger partial charge in [0.2, 0.25) is 0 Å². The zero-order valence-corrected chi connectivity index (χ0v) is 10.6. The van der Waals surface area contributed by atoms with Gasteiger partial charge in [-0.25, -0.2) is 0 Å². The van der Waals surface area contributed by atoms with Gasteiger partial charge in [-0.05, 0) is 24.3 Å². The molecule has 102 valence electrons. The van der Waals surface area contributed by atoms with Crippen LogP contribution in [0, 0.1) is 0 Å². The van der Waals surface area contributed by atoms with E-state index in [2.05, 4.69) is 15.5 Å². The van der Waals surface area contributed by atoms with E-state index in [1.54, 1.807) is 46.2 Å². The number of furan rings is 1. The minimum Gasteiger partial charge on any atom is -0.467 e. The zero-order chi connectivity index (χ0) is 13.8. The average Bonchev–Trinajstić information content (AvgIpc) is 3.19. The first-order valence-corrected chi connectivity index (χ1v) is 6.13.